The molecule has 2 atom stereocenters. The molecule has 0 radical (unpaired) electrons. The van der Waals surface area contributed by atoms with Crippen molar-refractivity contribution in [3.63, 3.8) is 0 Å². The van der Waals surface area contributed by atoms with Gasteiger partial charge in [-0.1, -0.05) is 34.9 Å². The molecule has 0 saturated carbocycles. The van der Waals surface area contributed by atoms with Gasteiger partial charge in [-0.25, -0.2) is 0 Å². The Morgan fingerprint density at radius 3 is 2.67 bits per heavy atom. The summed E-state index contributed by atoms with van der Waals surface area (Å²) in [6.45, 7) is 6.04. The topological polar surface area (TPSA) is 48.2 Å². The van der Waals surface area contributed by atoms with E-state index < -0.39 is 5.60 Å². The molecule has 1 aromatic heterocycles. The molecule has 0 aliphatic carbocycles. The predicted octanol–water partition coefficient (Wildman–Crippen LogP) is 3.19. The molecule has 86 valence electrons. The van der Waals surface area contributed by atoms with Crippen molar-refractivity contribution in [3.05, 3.63) is 11.7 Å². The number of methoxy groups -OCH3 is 1. The summed E-state index contributed by atoms with van der Waals surface area (Å²) in [5, 5.41) is 3.96. The van der Waals surface area contributed by atoms with Crippen molar-refractivity contribution in [2.75, 3.05) is 7.11 Å². The van der Waals surface area contributed by atoms with Crippen LogP contribution >= 0.6 is 15.9 Å². The highest BCUT2D eigenvalue weighted by Crippen LogP contribution is 2.29. The van der Waals surface area contributed by atoms with Gasteiger partial charge in [-0.05, 0) is 19.8 Å². The number of aromatic nitrogens is 2. The Morgan fingerprint density at radius 1 is 1.53 bits per heavy atom. The van der Waals surface area contributed by atoms with E-state index in [-0.39, 0.29) is 4.83 Å². The average molecular weight is 277 g/mol. The van der Waals surface area contributed by atoms with Crippen LogP contribution in [0.1, 0.15) is 50.2 Å². The van der Waals surface area contributed by atoms with E-state index >= 15 is 0 Å². The van der Waals surface area contributed by atoms with Crippen molar-refractivity contribution < 1.29 is 9.26 Å². The van der Waals surface area contributed by atoms with Crippen molar-refractivity contribution in [1.82, 2.24) is 10.1 Å². The van der Waals surface area contributed by atoms with E-state index in [1.54, 1.807) is 7.11 Å². The molecular weight excluding hydrogens is 260 g/mol. The lowest BCUT2D eigenvalue weighted by molar-refractivity contribution is -0.0106. The van der Waals surface area contributed by atoms with E-state index in [1.807, 2.05) is 13.8 Å². The minimum absolute atomic E-state index is 0.122. The third-order valence-electron chi connectivity index (χ3n) is 2.67. The summed E-state index contributed by atoms with van der Waals surface area (Å²) in [5.74, 6) is 1.23. The number of rotatable bonds is 5. The van der Waals surface area contributed by atoms with Gasteiger partial charge in [0.2, 0.25) is 11.7 Å². The average Bonchev–Trinajstić information content (AvgIpc) is 2.76. The van der Waals surface area contributed by atoms with Gasteiger partial charge in [-0.2, -0.15) is 4.98 Å². The molecule has 5 heteroatoms. The lowest BCUT2D eigenvalue weighted by Gasteiger charge is -2.21. The van der Waals surface area contributed by atoms with Crippen molar-refractivity contribution in [2.24, 2.45) is 0 Å². The van der Waals surface area contributed by atoms with E-state index in [0.717, 1.165) is 12.8 Å². The van der Waals surface area contributed by atoms with Crippen molar-refractivity contribution in [2.45, 2.75) is 44.0 Å². The SMILES string of the molecule is CCC(Br)c1nc(C(C)(CC)OC)no1. The van der Waals surface area contributed by atoms with Gasteiger partial charge in [0.1, 0.15) is 5.60 Å². The summed E-state index contributed by atoms with van der Waals surface area (Å²) in [6, 6.07) is 0. The lowest BCUT2D eigenvalue weighted by Crippen LogP contribution is -2.24. The van der Waals surface area contributed by atoms with Gasteiger partial charge in [0.05, 0.1) is 4.83 Å². The second-order valence-electron chi connectivity index (χ2n) is 3.62. The summed E-state index contributed by atoms with van der Waals surface area (Å²) >= 11 is 3.47. The zero-order valence-electron chi connectivity index (χ0n) is 9.58. The van der Waals surface area contributed by atoms with Crippen LogP contribution in [0, 0.1) is 0 Å². The Hall–Kier alpha value is -0.420. The first kappa shape index (κ1) is 12.6. The number of hydrogen-bond donors (Lipinski definition) is 0. The summed E-state index contributed by atoms with van der Waals surface area (Å²) in [5.41, 5.74) is -0.456. The normalized spacial score (nSPS) is 17.4. The summed E-state index contributed by atoms with van der Waals surface area (Å²) in [6.07, 6.45) is 1.72. The zero-order chi connectivity index (χ0) is 11.5. The van der Waals surface area contributed by atoms with Gasteiger partial charge in [-0.15, -0.1) is 0 Å². The van der Waals surface area contributed by atoms with E-state index in [0.29, 0.717) is 11.7 Å². The highest BCUT2D eigenvalue weighted by molar-refractivity contribution is 9.09. The van der Waals surface area contributed by atoms with Gasteiger partial charge in [0.15, 0.2) is 0 Å². The van der Waals surface area contributed by atoms with Crippen LogP contribution in [-0.2, 0) is 10.3 Å². The first-order valence-corrected chi connectivity index (χ1v) is 6.02. The fourth-order valence-corrected chi connectivity index (χ4v) is 1.33. The number of nitrogens with zero attached hydrogens (tertiary/aromatic N) is 2. The monoisotopic (exact) mass is 276 g/mol. The summed E-state index contributed by atoms with van der Waals surface area (Å²) in [7, 11) is 1.66. The molecule has 15 heavy (non-hydrogen) atoms. The maximum atomic E-state index is 5.40. The van der Waals surface area contributed by atoms with Crippen molar-refractivity contribution in [1.29, 1.82) is 0 Å². The van der Waals surface area contributed by atoms with Crippen molar-refractivity contribution >= 4 is 15.9 Å². The Bertz CT molecular complexity index is 310. The second kappa shape index (κ2) is 5.07. The highest BCUT2D eigenvalue weighted by atomic mass is 79.9. The Kier molecular flexibility index (Phi) is 4.28. The van der Waals surface area contributed by atoms with E-state index in [2.05, 4.69) is 33.0 Å². The van der Waals surface area contributed by atoms with Gasteiger partial charge >= 0.3 is 0 Å². The number of halogens is 1. The van der Waals surface area contributed by atoms with Crippen LogP contribution < -0.4 is 0 Å². The third-order valence-corrected chi connectivity index (χ3v) is 3.71. The molecule has 0 amide bonds. The van der Waals surface area contributed by atoms with E-state index in [9.17, 15) is 0 Å². The van der Waals surface area contributed by atoms with Crippen LogP contribution in [0.2, 0.25) is 0 Å². The number of alkyl halides is 1. The molecule has 0 fully saturated rings. The van der Waals surface area contributed by atoms with Gasteiger partial charge in [0.25, 0.3) is 0 Å². The van der Waals surface area contributed by atoms with Crippen LogP contribution in [0.15, 0.2) is 4.52 Å². The molecule has 1 heterocycles. The summed E-state index contributed by atoms with van der Waals surface area (Å²) in [4.78, 5) is 4.47. The van der Waals surface area contributed by atoms with Crippen LogP contribution in [0.3, 0.4) is 0 Å². The molecule has 2 unspecified atom stereocenters. The number of ether oxygens (including phenoxy) is 1. The molecule has 1 rings (SSSR count). The standard InChI is InChI=1S/C10H17BrN2O2/c1-5-7(11)8-12-9(13-15-8)10(3,6-2)14-4/h7H,5-6H2,1-4H3. The molecule has 0 aliphatic rings. The molecular formula is C10H17BrN2O2. The predicted molar refractivity (Wildman–Crippen MR) is 60.9 cm³/mol. The minimum Gasteiger partial charge on any atom is -0.370 e. The van der Waals surface area contributed by atoms with Crippen LogP contribution in [0.4, 0.5) is 0 Å². The Labute approximate surface area is 98.5 Å². The van der Waals surface area contributed by atoms with Crippen LogP contribution in [0.25, 0.3) is 0 Å². The Balaban J connectivity index is 2.92. The lowest BCUT2D eigenvalue weighted by atomic mass is 10.0. The minimum atomic E-state index is -0.456. The van der Waals surface area contributed by atoms with Gasteiger partial charge in [-0.3, -0.25) is 0 Å². The molecule has 0 N–H and O–H groups in total. The van der Waals surface area contributed by atoms with Gasteiger partial charge < -0.3 is 9.26 Å². The highest BCUT2D eigenvalue weighted by Gasteiger charge is 2.30. The molecule has 0 aliphatic heterocycles. The summed E-state index contributed by atoms with van der Waals surface area (Å²) < 4.78 is 10.6. The maximum absolute atomic E-state index is 5.40. The molecule has 1 aromatic rings. The van der Waals surface area contributed by atoms with Gasteiger partial charge in [0, 0.05) is 7.11 Å². The first-order valence-electron chi connectivity index (χ1n) is 5.10. The quantitative estimate of drug-likeness (QED) is 0.775. The van der Waals surface area contributed by atoms with Crippen molar-refractivity contribution in [3.8, 4) is 0 Å². The smallest absolute Gasteiger partial charge is 0.240 e. The number of hydrogen-bond acceptors (Lipinski definition) is 4. The largest absolute Gasteiger partial charge is 0.370 e. The fraction of sp³-hybridized carbons (Fsp3) is 0.800. The fourth-order valence-electron chi connectivity index (χ4n) is 1.15. The molecule has 0 saturated heterocycles. The van der Waals surface area contributed by atoms with E-state index in [4.69, 9.17) is 9.26 Å². The van der Waals surface area contributed by atoms with E-state index in [1.165, 1.54) is 0 Å². The maximum Gasteiger partial charge on any atom is 0.240 e. The second-order valence-corrected chi connectivity index (χ2v) is 4.73. The van der Waals surface area contributed by atoms with Crippen LogP contribution in [-0.4, -0.2) is 17.3 Å². The zero-order valence-corrected chi connectivity index (χ0v) is 11.2. The first-order chi connectivity index (χ1) is 7.07. The molecule has 0 aromatic carbocycles. The molecule has 0 bridgehead atoms. The molecule has 4 nitrogen and oxygen atoms in total. The third kappa shape index (κ3) is 2.58. The van der Waals surface area contributed by atoms with Crippen LogP contribution in [0.5, 0.6) is 0 Å². The molecule has 0 spiro atoms. The Morgan fingerprint density at radius 2 is 2.20 bits per heavy atom.